The highest BCUT2D eigenvalue weighted by Crippen LogP contribution is 2.33. The van der Waals surface area contributed by atoms with Crippen molar-refractivity contribution in [2.45, 2.75) is 12.7 Å². The Morgan fingerprint density at radius 3 is 2.56 bits per heavy atom. The van der Waals surface area contributed by atoms with Crippen LogP contribution in [0, 0.1) is 5.82 Å². The van der Waals surface area contributed by atoms with Crippen LogP contribution in [0.25, 0.3) is 0 Å². The number of thiophene rings is 1. The van der Waals surface area contributed by atoms with Crippen molar-refractivity contribution in [3.8, 4) is 0 Å². The van der Waals surface area contributed by atoms with Crippen LogP contribution in [-0.2, 0) is 12.7 Å². The van der Waals surface area contributed by atoms with Gasteiger partial charge in [0.15, 0.2) is 0 Å². The summed E-state index contributed by atoms with van der Waals surface area (Å²) in [5, 5.41) is 6.59. The molecule has 1 aromatic heterocycles. The minimum absolute atomic E-state index is 0.245. The molecule has 96 valence electrons. The maximum Gasteiger partial charge on any atom is 0.419 e. The van der Waals surface area contributed by atoms with Gasteiger partial charge in [0.05, 0.1) is 5.56 Å². The van der Waals surface area contributed by atoms with Gasteiger partial charge in [0.2, 0.25) is 0 Å². The van der Waals surface area contributed by atoms with Crippen LogP contribution < -0.4 is 5.32 Å². The molecule has 0 aliphatic carbocycles. The molecular formula is C12H9F4NS. The van der Waals surface area contributed by atoms with Crippen LogP contribution in [0.3, 0.4) is 0 Å². The van der Waals surface area contributed by atoms with Crippen LogP contribution in [0.5, 0.6) is 0 Å². The van der Waals surface area contributed by atoms with E-state index in [9.17, 15) is 17.6 Å². The van der Waals surface area contributed by atoms with Crippen molar-refractivity contribution in [3.05, 3.63) is 52.0 Å². The summed E-state index contributed by atoms with van der Waals surface area (Å²) in [5.41, 5.74) is -0.0365. The number of anilines is 1. The molecule has 0 aliphatic rings. The van der Waals surface area contributed by atoms with E-state index in [0.717, 1.165) is 17.7 Å². The molecule has 0 unspecified atom stereocenters. The van der Waals surface area contributed by atoms with E-state index in [1.54, 1.807) is 0 Å². The van der Waals surface area contributed by atoms with E-state index in [2.05, 4.69) is 5.32 Å². The van der Waals surface area contributed by atoms with Crippen LogP contribution in [0.2, 0.25) is 0 Å². The molecule has 1 heterocycles. The number of halogens is 4. The summed E-state index contributed by atoms with van der Waals surface area (Å²) in [5.74, 6) is -1.26. The zero-order valence-electron chi connectivity index (χ0n) is 9.09. The van der Waals surface area contributed by atoms with Crippen molar-refractivity contribution in [1.29, 1.82) is 0 Å². The molecule has 1 N–H and O–H groups in total. The predicted molar refractivity (Wildman–Crippen MR) is 63.0 cm³/mol. The highest BCUT2D eigenvalue weighted by Gasteiger charge is 2.34. The van der Waals surface area contributed by atoms with Crippen molar-refractivity contribution < 1.29 is 17.6 Å². The van der Waals surface area contributed by atoms with Gasteiger partial charge in [-0.15, -0.1) is 0 Å². The Balaban J connectivity index is 2.15. The third kappa shape index (κ3) is 3.01. The first-order chi connectivity index (χ1) is 8.47. The summed E-state index contributed by atoms with van der Waals surface area (Å²) in [6.07, 6.45) is -4.68. The lowest BCUT2D eigenvalue weighted by Gasteiger charge is -2.11. The normalized spacial score (nSPS) is 11.6. The topological polar surface area (TPSA) is 12.0 Å². The van der Waals surface area contributed by atoms with Gasteiger partial charge in [-0.05, 0) is 40.6 Å². The first-order valence-corrected chi connectivity index (χ1v) is 6.03. The summed E-state index contributed by atoms with van der Waals surface area (Å²) >= 11 is 1.50. The van der Waals surface area contributed by atoms with E-state index in [4.69, 9.17) is 0 Å². The number of hydrogen-bond donors (Lipinski definition) is 1. The molecule has 0 spiro atoms. The van der Waals surface area contributed by atoms with Gasteiger partial charge in [-0.2, -0.15) is 24.5 Å². The fraction of sp³-hybridized carbons (Fsp3) is 0.167. The Labute approximate surface area is 105 Å². The molecule has 1 aromatic carbocycles. The summed E-state index contributed by atoms with van der Waals surface area (Å²) in [6, 6.07) is 4.75. The summed E-state index contributed by atoms with van der Waals surface area (Å²) in [4.78, 5) is 0. The molecule has 0 saturated carbocycles. The molecule has 0 radical (unpaired) electrons. The van der Waals surface area contributed by atoms with Gasteiger partial charge in [0.1, 0.15) is 5.82 Å². The Morgan fingerprint density at radius 2 is 1.94 bits per heavy atom. The smallest absolute Gasteiger partial charge is 0.381 e. The maximum atomic E-state index is 13.0. The van der Waals surface area contributed by atoms with Gasteiger partial charge in [-0.25, -0.2) is 4.39 Å². The van der Waals surface area contributed by atoms with Gasteiger partial charge >= 0.3 is 6.18 Å². The lowest BCUT2D eigenvalue weighted by atomic mass is 10.1. The molecule has 6 heteroatoms. The highest BCUT2D eigenvalue weighted by atomic mass is 32.1. The largest absolute Gasteiger partial charge is 0.419 e. The standard InChI is InChI=1S/C12H9F4NS/c13-11-2-1-9(5-10(11)12(14,15)16)17-6-8-3-4-18-7-8/h1-5,7,17H,6H2. The molecule has 2 rings (SSSR count). The van der Waals surface area contributed by atoms with E-state index in [0.29, 0.717) is 6.54 Å². The zero-order valence-corrected chi connectivity index (χ0v) is 9.91. The van der Waals surface area contributed by atoms with Crippen LogP contribution in [0.15, 0.2) is 35.0 Å². The van der Waals surface area contributed by atoms with E-state index in [1.807, 2.05) is 16.8 Å². The molecule has 0 aliphatic heterocycles. The Morgan fingerprint density at radius 1 is 1.17 bits per heavy atom. The second-order valence-electron chi connectivity index (χ2n) is 3.68. The van der Waals surface area contributed by atoms with E-state index >= 15 is 0 Å². The number of benzene rings is 1. The van der Waals surface area contributed by atoms with E-state index in [1.165, 1.54) is 17.4 Å². The number of nitrogens with one attached hydrogen (secondary N) is 1. The molecule has 2 aromatic rings. The number of hydrogen-bond acceptors (Lipinski definition) is 2. The number of rotatable bonds is 3. The lowest BCUT2D eigenvalue weighted by Crippen LogP contribution is -2.09. The molecule has 0 amide bonds. The minimum Gasteiger partial charge on any atom is -0.381 e. The van der Waals surface area contributed by atoms with Crippen molar-refractivity contribution in [2.75, 3.05) is 5.32 Å². The van der Waals surface area contributed by atoms with Crippen molar-refractivity contribution in [2.24, 2.45) is 0 Å². The van der Waals surface area contributed by atoms with Crippen molar-refractivity contribution in [3.63, 3.8) is 0 Å². The van der Waals surface area contributed by atoms with Crippen LogP contribution >= 0.6 is 11.3 Å². The monoisotopic (exact) mass is 275 g/mol. The minimum atomic E-state index is -4.68. The average Bonchev–Trinajstić information content (AvgIpc) is 2.79. The fourth-order valence-electron chi connectivity index (χ4n) is 1.45. The van der Waals surface area contributed by atoms with Gasteiger partial charge in [0.25, 0.3) is 0 Å². The first-order valence-electron chi connectivity index (χ1n) is 5.08. The van der Waals surface area contributed by atoms with Gasteiger partial charge in [-0.1, -0.05) is 0 Å². The molecule has 0 bridgehead atoms. The second kappa shape index (κ2) is 4.97. The highest BCUT2D eigenvalue weighted by molar-refractivity contribution is 7.07. The Hall–Kier alpha value is -1.56. The van der Waals surface area contributed by atoms with Crippen LogP contribution in [-0.4, -0.2) is 0 Å². The maximum absolute atomic E-state index is 13.0. The molecule has 0 atom stereocenters. The Kier molecular flexibility index (Phi) is 3.56. The summed E-state index contributed by atoms with van der Waals surface area (Å²) < 4.78 is 50.5. The predicted octanol–water partition coefficient (Wildman–Crippen LogP) is 4.52. The molecule has 1 nitrogen and oxygen atoms in total. The number of alkyl halides is 3. The van der Waals surface area contributed by atoms with Crippen molar-refractivity contribution >= 4 is 17.0 Å². The van der Waals surface area contributed by atoms with Crippen LogP contribution in [0.4, 0.5) is 23.2 Å². The average molecular weight is 275 g/mol. The zero-order chi connectivity index (χ0) is 13.2. The molecule has 0 fully saturated rings. The molecule has 0 saturated heterocycles. The fourth-order valence-corrected chi connectivity index (χ4v) is 2.12. The van der Waals surface area contributed by atoms with Crippen molar-refractivity contribution in [1.82, 2.24) is 0 Å². The third-order valence-corrected chi connectivity index (χ3v) is 3.08. The SMILES string of the molecule is Fc1ccc(NCc2ccsc2)cc1C(F)(F)F. The Bertz CT molecular complexity index is 519. The second-order valence-corrected chi connectivity index (χ2v) is 4.46. The first kappa shape index (κ1) is 12.9. The van der Waals surface area contributed by atoms with Gasteiger partial charge < -0.3 is 5.32 Å². The molecular weight excluding hydrogens is 266 g/mol. The van der Waals surface area contributed by atoms with E-state index in [-0.39, 0.29) is 5.69 Å². The quantitative estimate of drug-likeness (QED) is 0.812. The molecule has 18 heavy (non-hydrogen) atoms. The van der Waals surface area contributed by atoms with E-state index < -0.39 is 17.6 Å². The van der Waals surface area contributed by atoms with Gasteiger partial charge in [0, 0.05) is 12.2 Å². The van der Waals surface area contributed by atoms with Gasteiger partial charge in [-0.3, -0.25) is 0 Å². The summed E-state index contributed by atoms with van der Waals surface area (Å²) in [7, 11) is 0. The lowest BCUT2D eigenvalue weighted by molar-refractivity contribution is -0.139. The van der Waals surface area contributed by atoms with Crippen LogP contribution in [0.1, 0.15) is 11.1 Å². The third-order valence-electron chi connectivity index (χ3n) is 2.35. The summed E-state index contributed by atoms with van der Waals surface area (Å²) in [6.45, 7) is 0.409.